The lowest BCUT2D eigenvalue weighted by Crippen LogP contribution is -2.35. The molecule has 4 nitrogen and oxygen atoms in total. The van der Waals surface area contributed by atoms with E-state index in [1.165, 1.54) is 0 Å². The summed E-state index contributed by atoms with van der Waals surface area (Å²) in [6.45, 7) is 9.21. The maximum Gasteiger partial charge on any atom is 0.381 e. The van der Waals surface area contributed by atoms with Crippen LogP contribution in [0.25, 0.3) is 0 Å². The lowest BCUT2D eigenvalue weighted by Gasteiger charge is -2.30. The Kier molecular flexibility index (Phi) is 2.79. The van der Waals surface area contributed by atoms with Gasteiger partial charge in [0.05, 0.1) is 5.41 Å². The van der Waals surface area contributed by atoms with E-state index in [0.717, 1.165) is 0 Å². The lowest BCUT2D eigenvalue weighted by molar-refractivity contribution is -0.150. The van der Waals surface area contributed by atoms with Gasteiger partial charge in [-0.1, -0.05) is 40.5 Å². The van der Waals surface area contributed by atoms with Gasteiger partial charge in [-0.15, -0.1) is 0 Å². The number of rotatable bonds is 1. The maximum atomic E-state index is 11.6. The van der Waals surface area contributed by atoms with E-state index in [-0.39, 0.29) is 0 Å². The van der Waals surface area contributed by atoms with Gasteiger partial charge in [0.25, 0.3) is 0 Å². The average molecular weight is 238 g/mol. The summed E-state index contributed by atoms with van der Waals surface area (Å²) in [4.78, 5) is 22.0. The molecule has 0 aromatic rings. The molecule has 0 radical (unpaired) electrons. The molecule has 2 N–H and O–H groups in total. The van der Waals surface area contributed by atoms with E-state index >= 15 is 0 Å². The van der Waals surface area contributed by atoms with Crippen molar-refractivity contribution in [3.05, 3.63) is 0 Å². The van der Waals surface area contributed by atoms with Crippen molar-refractivity contribution in [3.63, 3.8) is 0 Å². The molecule has 1 fully saturated rings. The predicted octanol–water partition coefficient (Wildman–Crippen LogP) is 1.85. The summed E-state index contributed by atoms with van der Waals surface area (Å²) in [6.07, 6.45) is 0. The van der Waals surface area contributed by atoms with Gasteiger partial charge in [-0.3, -0.25) is 4.79 Å². The highest BCUT2D eigenvalue weighted by molar-refractivity contribution is 5.88. The minimum atomic E-state index is -1.22. The Morgan fingerprint density at radius 2 is 1.65 bits per heavy atom. The van der Waals surface area contributed by atoms with Crippen molar-refractivity contribution in [2.45, 2.75) is 34.6 Å². The number of carbonyl (C=O) groups is 2. The van der Waals surface area contributed by atoms with Crippen molar-refractivity contribution < 1.29 is 19.8 Å². The van der Waals surface area contributed by atoms with Crippen LogP contribution < -0.4 is 0 Å². The Labute approximate surface area is 101 Å². The first-order valence-corrected chi connectivity index (χ1v) is 5.47. The molecule has 0 heterocycles. The molecule has 0 unspecified atom stereocenters. The number of carboxylic acids is 2. The zero-order valence-electron chi connectivity index (χ0n) is 10.8. The van der Waals surface area contributed by atoms with Crippen molar-refractivity contribution in [2.75, 3.05) is 0 Å². The fraction of sp³-hybridized carbons (Fsp3) is 0.692. The van der Waals surface area contributed by atoms with Crippen LogP contribution in [0.15, 0.2) is 0 Å². The largest absolute Gasteiger partial charge is 0.481 e. The zero-order valence-corrected chi connectivity index (χ0v) is 10.8. The predicted molar refractivity (Wildman–Crippen MR) is 62.2 cm³/mol. The molecule has 0 spiro atoms. The summed E-state index contributed by atoms with van der Waals surface area (Å²) in [7, 11) is 0. The molecular formula is C13H18O4. The third-order valence-electron chi connectivity index (χ3n) is 3.93. The molecule has 1 rings (SSSR count). The fourth-order valence-electron chi connectivity index (χ4n) is 3.31. The van der Waals surface area contributed by atoms with Crippen molar-refractivity contribution in [1.82, 2.24) is 0 Å². The Morgan fingerprint density at radius 1 is 1.18 bits per heavy atom. The molecule has 1 aliphatic carbocycles. The van der Waals surface area contributed by atoms with Crippen LogP contribution in [0.4, 0.5) is 0 Å². The van der Waals surface area contributed by atoms with Gasteiger partial charge < -0.3 is 10.2 Å². The number of hydrogen-bond acceptors (Lipinski definition) is 2. The zero-order chi connectivity index (χ0) is 13.6. The van der Waals surface area contributed by atoms with Crippen LogP contribution in [0.5, 0.6) is 0 Å². The Morgan fingerprint density at radius 3 is 1.88 bits per heavy atom. The van der Waals surface area contributed by atoms with Crippen LogP contribution in [0, 0.1) is 34.0 Å². The van der Waals surface area contributed by atoms with Crippen LogP contribution in [-0.2, 0) is 9.59 Å². The van der Waals surface area contributed by atoms with Gasteiger partial charge in [0.15, 0.2) is 0 Å². The van der Waals surface area contributed by atoms with Gasteiger partial charge in [0, 0.05) is 11.8 Å². The smallest absolute Gasteiger partial charge is 0.381 e. The van der Waals surface area contributed by atoms with Crippen molar-refractivity contribution in [2.24, 2.45) is 22.2 Å². The Balaban J connectivity index is 3.26. The summed E-state index contributed by atoms with van der Waals surface area (Å²) < 4.78 is 0. The second-order valence-corrected chi connectivity index (χ2v) is 6.09. The van der Waals surface area contributed by atoms with E-state index in [0.29, 0.717) is 0 Å². The molecule has 4 heteroatoms. The summed E-state index contributed by atoms with van der Waals surface area (Å²) in [5.41, 5.74) is -1.97. The highest BCUT2D eigenvalue weighted by Crippen LogP contribution is 2.75. The van der Waals surface area contributed by atoms with Gasteiger partial charge in [-0.05, 0) is 10.8 Å². The SMILES string of the molecule is CC(C)(C)[C@]1(C(=O)O)[C@@H](C#CC(=O)O)C1(C)C. The third kappa shape index (κ3) is 1.61. The van der Waals surface area contributed by atoms with Crippen molar-refractivity contribution in [3.8, 4) is 11.8 Å². The molecule has 0 aromatic heterocycles. The first-order valence-electron chi connectivity index (χ1n) is 5.47. The third-order valence-corrected chi connectivity index (χ3v) is 3.93. The van der Waals surface area contributed by atoms with Crippen LogP contribution in [-0.4, -0.2) is 22.2 Å². The number of carboxylic acid groups (broad SMARTS) is 2. The molecule has 1 aliphatic rings. The summed E-state index contributed by atoms with van der Waals surface area (Å²) in [5, 5.41) is 18.0. The molecule has 0 saturated heterocycles. The fourth-order valence-corrected chi connectivity index (χ4v) is 3.31. The van der Waals surface area contributed by atoms with Crippen molar-refractivity contribution >= 4 is 11.9 Å². The van der Waals surface area contributed by atoms with E-state index in [9.17, 15) is 14.7 Å². The van der Waals surface area contributed by atoms with Gasteiger partial charge in [-0.25, -0.2) is 4.79 Å². The summed E-state index contributed by atoms with van der Waals surface area (Å²) in [5.74, 6) is 2.09. The molecule has 0 bridgehead atoms. The topological polar surface area (TPSA) is 74.6 Å². The quantitative estimate of drug-likeness (QED) is 0.684. The second-order valence-electron chi connectivity index (χ2n) is 6.09. The minimum absolute atomic E-state index is 0.427. The average Bonchev–Trinajstić information content (AvgIpc) is 2.58. The molecule has 0 aliphatic heterocycles. The lowest BCUT2D eigenvalue weighted by atomic mass is 9.72. The maximum absolute atomic E-state index is 11.6. The van der Waals surface area contributed by atoms with Crippen LogP contribution >= 0.6 is 0 Å². The minimum Gasteiger partial charge on any atom is -0.481 e. The van der Waals surface area contributed by atoms with Gasteiger partial charge in [0.1, 0.15) is 0 Å². The van der Waals surface area contributed by atoms with Crippen LogP contribution in [0.1, 0.15) is 34.6 Å². The summed E-state index contributed by atoms with van der Waals surface area (Å²) >= 11 is 0. The molecule has 0 aromatic carbocycles. The van der Waals surface area contributed by atoms with E-state index < -0.39 is 34.1 Å². The highest BCUT2D eigenvalue weighted by atomic mass is 16.4. The summed E-state index contributed by atoms with van der Waals surface area (Å²) in [6, 6.07) is 0. The molecule has 94 valence electrons. The normalized spacial score (nSPS) is 30.1. The Hall–Kier alpha value is -1.50. The molecule has 0 amide bonds. The standard InChI is InChI=1S/C13H18O4/c1-11(2,3)13(10(16)17)8(12(13,4)5)6-7-9(14)15/h8H,1-5H3,(H,14,15)(H,16,17)/t8-,13+/m0/s1. The van der Waals surface area contributed by atoms with E-state index in [2.05, 4.69) is 5.92 Å². The molecule has 2 atom stereocenters. The van der Waals surface area contributed by atoms with E-state index in [1.54, 1.807) is 0 Å². The van der Waals surface area contributed by atoms with Gasteiger partial charge >= 0.3 is 11.9 Å². The highest BCUT2D eigenvalue weighted by Gasteiger charge is 2.80. The second kappa shape index (κ2) is 3.49. The van der Waals surface area contributed by atoms with Crippen molar-refractivity contribution in [1.29, 1.82) is 0 Å². The molecule has 1 saturated carbocycles. The van der Waals surface area contributed by atoms with Gasteiger partial charge in [-0.2, -0.15) is 0 Å². The first-order chi connectivity index (χ1) is 7.49. The first kappa shape index (κ1) is 13.6. The number of hydrogen-bond donors (Lipinski definition) is 2. The van der Waals surface area contributed by atoms with Crippen LogP contribution in [0.2, 0.25) is 0 Å². The molecule has 17 heavy (non-hydrogen) atoms. The van der Waals surface area contributed by atoms with Crippen LogP contribution in [0.3, 0.4) is 0 Å². The number of aliphatic carboxylic acids is 2. The molecular weight excluding hydrogens is 220 g/mol. The monoisotopic (exact) mass is 238 g/mol. The Bertz CT molecular complexity index is 431. The van der Waals surface area contributed by atoms with Gasteiger partial charge in [0.2, 0.25) is 0 Å². The van der Waals surface area contributed by atoms with E-state index in [1.807, 2.05) is 40.5 Å². The van der Waals surface area contributed by atoms with E-state index in [4.69, 9.17) is 5.11 Å².